The predicted octanol–water partition coefficient (Wildman–Crippen LogP) is 3.22. The van der Waals surface area contributed by atoms with Crippen molar-refractivity contribution in [1.29, 1.82) is 0 Å². The van der Waals surface area contributed by atoms with Crippen molar-refractivity contribution in [2.75, 3.05) is 11.1 Å². The molecule has 0 aliphatic heterocycles. The first kappa shape index (κ1) is 12.7. The predicted molar refractivity (Wildman–Crippen MR) is 73.1 cm³/mol. The Morgan fingerprint density at radius 3 is 2.44 bits per heavy atom. The fourth-order valence-electron chi connectivity index (χ4n) is 1.39. The van der Waals surface area contributed by atoms with Crippen LogP contribution in [-0.2, 0) is 0 Å². The number of benzene rings is 1. The Kier molecular flexibility index (Phi) is 3.69. The molecule has 0 aliphatic rings. The molecule has 4 nitrogen and oxygen atoms in total. The fourth-order valence-corrected chi connectivity index (χ4v) is 1.92. The van der Waals surface area contributed by atoms with Gasteiger partial charge in [-0.3, -0.25) is 9.78 Å². The van der Waals surface area contributed by atoms with E-state index in [0.29, 0.717) is 21.4 Å². The molecule has 2 rings (SSSR count). The number of amides is 1. The lowest BCUT2D eigenvalue weighted by molar-refractivity contribution is 0.102. The second kappa shape index (κ2) is 5.25. The van der Waals surface area contributed by atoms with Crippen LogP contribution < -0.4 is 11.1 Å². The lowest BCUT2D eigenvalue weighted by Gasteiger charge is -2.06. The maximum atomic E-state index is 11.9. The van der Waals surface area contributed by atoms with Gasteiger partial charge in [-0.05, 0) is 30.3 Å². The van der Waals surface area contributed by atoms with E-state index in [1.165, 1.54) is 12.3 Å². The number of carbonyl (C=O) groups is 1. The molecule has 1 aromatic heterocycles. The molecule has 1 aromatic carbocycles. The number of nitrogens with two attached hydrogens (primary N) is 1. The summed E-state index contributed by atoms with van der Waals surface area (Å²) in [5.41, 5.74) is 6.78. The van der Waals surface area contributed by atoms with Crippen LogP contribution in [0.1, 0.15) is 10.5 Å². The van der Waals surface area contributed by atoms with E-state index in [2.05, 4.69) is 10.3 Å². The normalized spacial score (nSPS) is 10.1. The zero-order valence-electron chi connectivity index (χ0n) is 9.15. The molecule has 18 heavy (non-hydrogen) atoms. The number of anilines is 2. The molecule has 6 heteroatoms. The van der Waals surface area contributed by atoms with E-state index in [0.717, 1.165) is 0 Å². The van der Waals surface area contributed by atoms with Crippen molar-refractivity contribution in [1.82, 2.24) is 4.98 Å². The number of nitrogen functional groups attached to an aromatic ring is 1. The maximum absolute atomic E-state index is 11.9. The fraction of sp³-hybridized carbons (Fsp3) is 0. The van der Waals surface area contributed by atoms with E-state index in [-0.39, 0.29) is 11.6 Å². The van der Waals surface area contributed by atoms with E-state index in [1.54, 1.807) is 24.3 Å². The van der Waals surface area contributed by atoms with E-state index < -0.39 is 0 Å². The number of nitrogens with one attached hydrogen (secondary N) is 1. The maximum Gasteiger partial charge on any atom is 0.274 e. The SMILES string of the molecule is Nc1ccnc(C(=O)Nc2cc(Cl)cc(Cl)c2)c1. The zero-order valence-corrected chi connectivity index (χ0v) is 10.7. The van der Waals surface area contributed by atoms with Crippen LogP contribution in [-0.4, -0.2) is 10.9 Å². The molecule has 0 radical (unpaired) electrons. The Bertz CT molecular complexity index is 581. The van der Waals surface area contributed by atoms with Crippen LogP contribution in [0.15, 0.2) is 36.5 Å². The van der Waals surface area contributed by atoms with Crippen molar-refractivity contribution < 1.29 is 4.79 Å². The van der Waals surface area contributed by atoms with Gasteiger partial charge in [0, 0.05) is 27.6 Å². The van der Waals surface area contributed by atoms with Crippen LogP contribution in [0.3, 0.4) is 0 Å². The molecule has 0 aliphatic carbocycles. The van der Waals surface area contributed by atoms with Crippen LogP contribution in [0.2, 0.25) is 10.0 Å². The number of rotatable bonds is 2. The first-order valence-corrected chi connectivity index (χ1v) is 5.79. The van der Waals surface area contributed by atoms with Gasteiger partial charge in [-0.2, -0.15) is 0 Å². The van der Waals surface area contributed by atoms with Gasteiger partial charge in [-0.15, -0.1) is 0 Å². The minimum atomic E-state index is -0.374. The first-order valence-electron chi connectivity index (χ1n) is 5.03. The van der Waals surface area contributed by atoms with E-state index in [9.17, 15) is 4.79 Å². The molecule has 1 heterocycles. The van der Waals surface area contributed by atoms with Crippen LogP contribution in [0.5, 0.6) is 0 Å². The molecule has 3 N–H and O–H groups in total. The lowest BCUT2D eigenvalue weighted by Crippen LogP contribution is -2.13. The third kappa shape index (κ3) is 3.12. The lowest BCUT2D eigenvalue weighted by atomic mass is 10.2. The number of nitrogens with zero attached hydrogens (tertiary/aromatic N) is 1. The van der Waals surface area contributed by atoms with Gasteiger partial charge in [0.25, 0.3) is 5.91 Å². The second-order valence-electron chi connectivity index (χ2n) is 3.59. The van der Waals surface area contributed by atoms with Crippen molar-refractivity contribution in [3.8, 4) is 0 Å². The molecular weight excluding hydrogens is 273 g/mol. The highest BCUT2D eigenvalue weighted by Gasteiger charge is 2.08. The molecule has 0 unspecified atom stereocenters. The first-order chi connectivity index (χ1) is 8.54. The molecule has 0 saturated carbocycles. The highest BCUT2D eigenvalue weighted by molar-refractivity contribution is 6.35. The summed E-state index contributed by atoms with van der Waals surface area (Å²) in [7, 11) is 0. The van der Waals surface area contributed by atoms with Gasteiger partial charge in [-0.25, -0.2) is 0 Å². The quantitative estimate of drug-likeness (QED) is 0.888. The highest BCUT2D eigenvalue weighted by atomic mass is 35.5. The summed E-state index contributed by atoms with van der Waals surface area (Å²) in [6, 6.07) is 7.86. The zero-order chi connectivity index (χ0) is 13.1. The topological polar surface area (TPSA) is 68.0 Å². The van der Waals surface area contributed by atoms with Gasteiger partial charge in [0.05, 0.1) is 0 Å². The summed E-state index contributed by atoms with van der Waals surface area (Å²) in [5.74, 6) is -0.374. The molecule has 0 bridgehead atoms. The van der Waals surface area contributed by atoms with E-state index in [1.807, 2.05) is 0 Å². The summed E-state index contributed by atoms with van der Waals surface area (Å²) in [4.78, 5) is 15.8. The standard InChI is InChI=1S/C12H9Cl2N3O/c13-7-3-8(14)5-10(4-7)17-12(18)11-6-9(15)1-2-16-11/h1-6H,(H2,15,16)(H,17,18). The summed E-state index contributed by atoms with van der Waals surface area (Å²) in [5, 5.41) is 3.53. The van der Waals surface area contributed by atoms with Gasteiger partial charge in [0.2, 0.25) is 0 Å². The summed E-state index contributed by atoms with van der Waals surface area (Å²) < 4.78 is 0. The summed E-state index contributed by atoms with van der Waals surface area (Å²) in [6.07, 6.45) is 1.47. The van der Waals surface area contributed by atoms with Crippen molar-refractivity contribution in [2.24, 2.45) is 0 Å². The number of pyridine rings is 1. The number of halogens is 2. The second-order valence-corrected chi connectivity index (χ2v) is 4.46. The van der Waals surface area contributed by atoms with Crippen LogP contribution in [0.4, 0.5) is 11.4 Å². The monoisotopic (exact) mass is 281 g/mol. The molecular formula is C12H9Cl2N3O. The Labute approximate surface area is 114 Å². The van der Waals surface area contributed by atoms with E-state index in [4.69, 9.17) is 28.9 Å². The summed E-state index contributed by atoms with van der Waals surface area (Å²) in [6.45, 7) is 0. The molecule has 0 saturated heterocycles. The van der Waals surface area contributed by atoms with Gasteiger partial charge < -0.3 is 11.1 Å². The molecule has 1 amide bonds. The molecule has 0 fully saturated rings. The highest BCUT2D eigenvalue weighted by Crippen LogP contribution is 2.22. The van der Waals surface area contributed by atoms with Crippen molar-refractivity contribution in [3.63, 3.8) is 0 Å². The Hall–Kier alpha value is -1.78. The smallest absolute Gasteiger partial charge is 0.274 e. The number of carbonyl (C=O) groups excluding carboxylic acids is 1. The third-order valence-electron chi connectivity index (χ3n) is 2.14. The summed E-state index contributed by atoms with van der Waals surface area (Å²) >= 11 is 11.7. The Morgan fingerprint density at radius 2 is 1.83 bits per heavy atom. The molecule has 2 aromatic rings. The van der Waals surface area contributed by atoms with Crippen LogP contribution >= 0.6 is 23.2 Å². The molecule has 0 atom stereocenters. The largest absolute Gasteiger partial charge is 0.399 e. The van der Waals surface area contributed by atoms with E-state index >= 15 is 0 Å². The van der Waals surface area contributed by atoms with Gasteiger partial charge in [0.1, 0.15) is 5.69 Å². The number of hydrogen-bond donors (Lipinski definition) is 2. The Balaban J connectivity index is 2.21. The van der Waals surface area contributed by atoms with Crippen LogP contribution in [0, 0.1) is 0 Å². The van der Waals surface area contributed by atoms with Gasteiger partial charge in [0.15, 0.2) is 0 Å². The van der Waals surface area contributed by atoms with Gasteiger partial charge in [-0.1, -0.05) is 23.2 Å². The number of hydrogen-bond acceptors (Lipinski definition) is 3. The average Bonchev–Trinajstić information content (AvgIpc) is 2.27. The van der Waals surface area contributed by atoms with Gasteiger partial charge >= 0.3 is 0 Å². The minimum absolute atomic E-state index is 0.228. The third-order valence-corrected chi connectivity index (χ3v) is 2.57. The molecule has 92 valence electrons. The van der Waals surface area contributed by atoms with Crippen molar-refractivity contribution in [3.05, 3.63) is 52.3 Å². The van der Waals surface area contributed by atoms with Crippen LogP contribution in [0.25, 0.3) is 0 Å². The molecule has 0 spiro atoms. The minimum Gasteiger partial charge on any atom is -0.399 e. The Morgan fingerprint density at radius 1 is 1.17 bits per heavy atom. The van der Waals surface area contributed by atoms with Crippen molar-refractivity contribution >= 4 is 40.5 Å². The number of aromatic nitrogens is 1. The average molecular weight is 282 g/mol. The van der Waals surface area contributed by atoms with Crippen molar-refractivity contribution in [2.45, 2.75) is 0 Å².